The second kappa shape index (κ2) is 8.55. The van der Waals surface area contributed by atoms with Crippen LogP contribution in [-0.2, 0) is 11.2 Å². The molecule has 1 aromatic rings. The van der Waals surface area contributed by atoms with Crippen LogP contribution in [0, 0.1) is 0 Å². The largest absolute Gasteiger partial charge is 0.488 e. The van der Waals surface area contributed by atoms with Crippen molar-refractivity contribution in [2.45, 2.75) is 58.1 Å². The molecule has 1 fully saturated rings. The molecule has 130 valence electrons. The summed E-state index contributed by atoms with van der Waals surface area (Å²) in [6, 6.07) is 7.42. The third-order valence-corrected chi connectivity index (χ3v) is 3.79. The molecule has 2 rings (SSSR count). The van der Waals surface area contributed by atoms with Gasteiger partial charge in [-0.1, -0.05) is 12.1 Å². The van der Waals surface area contributed by atoms with Gasteiger partial charge in [-0.05, 0) is 64.2 Å². The van der Waals surface area contributed by atoms with Crippen LogP contribution in [0.2, 0.25) is 0 Å². The van der Waals surface area contributed by atoms with Gasteiger partial charge >= 0.3 is 0 Å². The maximum Gasteiger partial charge on any atom is 0.239 e. The highest BCUT2D eigenvalue weighted by Gasteiger charge is 2.22. The Hall–Kier alpha value is -1.26. The smallest absolute Gasteiger partial charge is 0.239 e. The number of nitrogens with two attached hydrogens (primary N) is 1. The van der Waals surface area contributed by atoms with E-state index in [0.717, 1.165) is 37.2 Å². The molecule has 2 N–H and O–H groups in total. The van der Waals surface area contributed by atoms with Crippen molar-refractivity contribution < 1.29 is 9.53 Å². The van der Waals surface area contributed by atoms with E-state index in [1.54, 1.807) is 0 Å². The van der Waals surface area contributed by atoms with Crippen LogP contribution in [0.25, 0.3) is 0 Å². The molecule has 1 aliphatic heterocycles. The highest BCUT2D eigenvalue weighted by molar-refractivity contribution is 5.85. The van der Waals surface area contributed by atoms with E-state index in [1.165, 1.54) is 6.42 Å². The van der Waals surface area contributed by atoms with Crippen molar-refractivity contribution >= 4 is 18.3 Å². The molecule has 1 saturated heterocycles. The van der Waals surface area contributed by atoms with E-state index >= 15 is 0 Å². The number of halogens is 1. The van der Waals surface area contributed by atoms with Gasteiger partial charge in [-0.2, -0.15) is 0 Å². The maximum absolute atomic E-state index is 12.3. The molecule has 0 saturated carbocycles. The van der Waals surface area contributed by atoms with Gasteiger partial charge in [0.25, 0.3) is 0 Å². The van der Waals surface area contributed by atoms with Crippen LogP contribution in [0.5, 0.6) is 5.75 Å². The molecule has 0 bridgehead atoms. The SMILES string of the molecule is CC(C)(C)Oc1ccc(C[C@H](N)C(=O)N2CCCCC2)cc1.Cl. The van der Waals surface area contributed by atoms with E-state index in [0.29, 0.717) is 6.42 Å². The fourth-order valence-corrected chi connectivity index (χ4v) is 2.74. The Kier molecular flexibility index (Phi) is 7.36. The summed E-state index contributed by atoms with van der Waals surface area (Å²) in [6.45, 7) is 7.77. The molecule has 0 radical (unpaired) electrons. The molecule has 1 amide bonds. The Morgan fingerprint density at radius 2 is 1.74 bits per heavy atom. The van der Waals surface area contributed by atoms with Gasteiger partial charge in [0, 0.05) is 13.1 Å². The average molecular weight is 341 g/mol. The van der Waals surface area contributed by atoms with Gasteiger partial charge in [0.05, 0.1) is 6.04 Å². The Labute approximate surface area is 145 Å². The summed E-state index contributed by atoms with van der Waals surface area (Å²) in [5, 5.41) is 0. The summed E-state index contributed by atoms with van der Waals surface area (Å²) in [4.78, 5) is 14.2. The molecule has 1 aliphatic rings. The van der Waals surface area contributed by atoms with Gasteiger partial charge in [-0.3, -0.25) is 4.79 Å². The standard InChI is InChI=1S/C18H28N2O2.ClH/c1-18(2,3)22-15-9-7-14(8-10-15)13-16(19)17(21)20-11-5-4-6-12-20;/h7-10,16H,4-6,11-13,19H2,1-3H3;1H/t16-;/m0./s1. The molecule has 1 aromatic carbocycles. The first kappa shape index (κ1) is 19.8. The number of ether oxygens (including phenoxy) is 1. The quantitative estimate of drug-likeness (QED) is 0.915. The highest BCUT2D eigenvalue weighted by atomic mass is 35.5. The zero-order valence-electron chi connectivity index (χ0n) is 14.4. The van der Waals surface area contributed by atoms with E-state index in [2.05, 4.69) is 0 Å². The topological polar surface area (TPSA) is 55.6 Å². The van der Waals surface area contributed by atoms with E-state index in [-0.39, 0.29) is 23.9 Å². The van der Waals surface area contributed by atoms with Crippen molar-refractivity contribution in [3.63, 3.8) is 0 Å². The summed E-state index contributed by atoms with van der Waals surface area (Å²) in [5.74, 6) is 0.918. The first-order valence-electron chi connectivity index (χ1n) is 8.17. The van der Waals surface area contributed by atoms with Crippen LogP contribution in [-0.4, -0.2) is 35.5 Å². The number of hydrogen-bond acceptors (Lipinski definition) is 3. The van der Waals surface area contributed by atoms with Crippen LogP contribution in [0.1, 0.15) is 45.6 Å². The minimum Gasteiger partial charge on any atom is -0.488 e. The molecule has 5 heteroatoms. The van der Waals surface area contributed by atoms with E-state index < -0.39 is 6.04 Å². The zero-order chi connectivity index (χ0) is 16.2. The minimum atomic E-state index is -0.451. The molecule has 0 spiro atoms. The van der Waals surface area contributed by atoms with Crippen LogP contribution in [0.4, 0.5) is 0 Å². The second-order valence-corrected chi connectivity index (χ2v) is 7.05. The van der Waals surface area contributed by atoms with Crippen LogP contribution >= 0.6 is 12.4 Å². The Morgan fingerprint density at radius 1 is 1.17 bits per heavy atom. The van der Waals surface area contributed by atoms with Gasteiger partial charge in [0.2, 0.25) is 5.91 Å². The number of benzene rings is 1. The molecular weight excluding hydrogens is 312 g/mol. The van der Waals surface area contributed by atoms with E-state index in [4.69, 9.17) is 10.5 Å². The van der Waals surface area contributed by atoms with Crippen molar-refractivity contribution in [1.82, 2.24) is 4.90 Å². The van der Waals surface area contributed by atoms with E-state index in [1.807, 2.05) is 49.9 Å². The summed E-state index contributed by atoms with van der Waals surface area (Å²) in [5.41, 5.74) is 6.96. The van der Waals surface area contributed by atoms with Crippen molar-refractivity contribution in [2.24, 2.45) is 5.73 Å². The number of carbonyl (C=O) groups is 1. The van der Waals surface area contributed by atoms with E-state index in [9.17, 15) is 4.79 Å². The van der Waals surface area contributed by atoms with Crippen molar-refractivity contribution in [1.29, 1.82) is 0 Å². The third-order valence-electron chi connectivity index (χ3n) is 3.79. The number of rotatable bonds is 4. The normalized spacial score (nSPS) is 16.4. The highest BCUT2D eigenvalue weighted by Crippen LogP contribution is 2.19. The Morgan fingerprint density at radius 3 is 2.26 bits per heavy atom. The lowest BCUT2D eigenvalue weighted by molar-refractivity contribution is -0.133. The lowest BCUT2D eigenvalue weighted by Gasteiger charge is -2.29. The van der Waals surface area contributed by atoms with Crippen LogP contribution in [0.15, 0.2) is 24.3 Å². The number of likely N-dealkylation sites (tertiary alicyclic amines) is 1. The molecule has 0 aromatic heterocycles. The fraction of sp³-hybridized carbons (Fsp3) is 0.611. The van der Waals surface area contributed by atoms with Gasteiger partial charge in [0.1, 0.15) is 11.4 Å². The third kappa shape index (κ3) is 6.40. The van der Waals surface area contributed by atoms with Crippen LogP contribution < -0.4 is 10.5 Å². The van der Waals surface area contributed by atoms with Crippen molar-refractivity contribution in [3.8, 4) is 5.75 Å². The van der Waals surface area contributed by atoms with Gasteiger partial charge in [-0.25, -0.2) is 0 Å². The fourth-order valence-electron chi connectivity index (χ4n) is 2.74. The number of hydrogen-bond donors (Lipinski definition) is 1. The van der Waals surface area contributed by atoms with Gasteiger partial charge in [-0.15, -0.1) is 12.4 Å². The predicted molar refractivity (Wildman–Crippen MR) is 96.2 cm³/mol. The lowest BCUT2D eigenvalue weighted by Crippen LogP contribution is -2.46. The van der Waals surface area contributed by atoms with Crippen LogP contribution in [0.3, 0.4) is 0 Å². The Balaban J connectivity index is 0.00000264. The first-order valence-corrected chi connectivity index (χ1v) is 8.17. The lowest BCUT2D eigenvalue weighted by atomic mass is 10.0. The van der Waals surface area contributed by atoms with Crippen molar-refractivity contribution in [2.75, 3.05) is 13.1 Å². The maximum atomic E-state index is 12.3. The number of nitrogens with zero attached hydrogens (tertiary/aromatic N) is 1. The second-order valence-electron chi connectivity index (χ2n) is 7.05. The Bertz CT molecular complexity index is 491. The molecular formula is C18H29ClN2O2. The van der Waals surface area contributed by atoms with Gasteiger partial charge in [0.15, 0.2) is 0 Å². The molecule has 0 unspecified atom stereocenters. The van der Waals surface area contributed by atoms with Crippen molar-refractivity contribution in [3.05, 3.63) is 29.8 Å². The summed E-state index contributed by atoms with van der Waals surface area (Å²) < 4.78 is 5.80. The first-order chi connectivity index (χ1) is 10.3. The summed E-state index contributed by atoms with van der Waals surface area (Å²) in [7, 11) is 0. The average Bonchev–Trinajstić information content (AvgIpc) is 2.48. The summed E-state index contributed by atoms with van der Waals surface area (Å²) >= 11 is 0. The molecule has 23 heavy (non-hydrogen) atoms. The zero-order valence-corrected chi connectivity index (χ0v) is 15.2. The molecule has 1 atom stereocenters. The number of carbonyl (C=O) groups excluding carboxylic acids is 1. The number of amides is 1. The monoisotopic (exact) mass is 340 g/mol. The molecule has 0 aliphatic carbocycles. The summed E-state index contributed by atoms with van der Waals surface area (Å²) in [6.07, 6.45) is 3.98. The minimum absolute atomic E-state index is 0. The molecule has 1 heterocycles. The molecule has 4 nitrogen and oxygen atoms in total. The number of piperidine rings is 1. The van der Waals surface area contributed by atoms with Gasteiger partial charge < -0.3 is 15.4 Å². The predicted octanol–water partition coefficient (Wildman–Crippen LogP) is 3.17.